The molecule has 0 spiro atoms. The van der Waals surface area contributed by atoms with Gasteiger partial charge in [0.25, 0.3) is 0 Å². The predicted molar refractivity (Wildman–Crippen MR) is 78.5 cm³/mol. The van der Waals surface area contributed by atoms with Crippen LogP contribution in [0.5, 0.6) is 5.75 Å². The van der Waals surface area contributed by atoms with Gasteiger partial charge in [-0.1, -0.05) is 0 Å². The lowest BCUT2D eigenvalue weighted by Crippen LogP contribution is -2.29. The van der Waals surface area contributed by atoms with Gasteiger partial charge >= 0.3 is 5.63 Å². The van der Waals surface area contributed by atoms with Crippen LogP contribution in [0.2, 0.25) is 0 Å². The number of hydrogen-bond acceptors (Lipinski definition) is 6. The number of nitrogens with zero attached hydrogens (tertiary/aromatic N) is 1. The summed E-state index contributed by atoms with van der Waals surface area (Å²) >= 11 is 0. The van der Waals surface area contributed by atoms with Gasteiger partial charge in [0, 0.05) is 31.1 Å². The Balaban J connectivity index is 2.42. The fourth-order valence-electron chi connectivity index (χ4n) is 2.26. The summed E-state index contributed by atoms with van der Waals surface area (Å²) in [5.41, 5.74) is 0.851. The SMILES string of the molecule is COc1ccc2oc(=O)cc(CN(CCO)CCO)c2c1. The van der Waals surface area contributed by atoms with E-state index in [4.69, 9.17) is 19.4 Å². The molecule has 114 valence electrons. The normalized spacial score (nSPS) is 11.2. The van der Waals surface area contributed by atoms with Gasteiger partial charge in [-0.25, -0.2) is 4.79 Å². The molecule has 0 aliphatic carbocycles. The first-order valence-electron chi connectivity index (χ1n) is 6.72. The maximum Gasteiger partial charge on any atom is 0.336 e. The van der Waals surface area contributed by atoms with Crippen LogP contribution in [0.3, 0.4) is 0 Å². The fraction of sp³-hybridized carbons (Fsp3) is 0.400. The molecule has 0 aliphatic rings. The molecule has 1 aromatic carbocycles. The summed E-state index contributed by atoms with van der Waals surface area (Å²) in [7, 11) is 1.57. The van der Waals surface area contributed by atoms with E-state index in [0.29, 0.717) is 31.0 Å². The van der Waals surface area contributed by atoms with E-state index in [1.54, 1.807) is 19.2 Å². The highest BCUT2D eigenvalue weighted by Crippen LogP contribution is 2.23. The maximum atomic E-state index is 11.6. The molecule has 0 saturated heterocycles. The minimum atomic E-state index is -0.421. The van der Waals surface area contributed by atoms with Gasteiger partial charge in [-0.15, -0.1) is 0 Å². The number of ether oxygens (including phenoxy) is 1. The molecule has 0 bridgehead atoms. The van der Waals surface area contributed by atoms with E-state index < -0.39 is 5.63 Å². The number of fused-ring (bicyclic) bond motifs is 1. The Labute approximate surface area is 122 Å². The molecule has 0 unspecified atom stereocenters. The summed E-state index contributed by atoms with van der Waals surface area (Å²) in [6, 6.07) is 6.67. The Hall–Kier alpha value is -1.89. The topological polar surface area (TPSA) is 83.1 Å². The smallest absolute Gasteiger partial charge is 0.336 e. The molecular weight excluding hydrogens is 274 g/mol. The molecule has 0 aliphatic heterocycles. The quantitative estimate of drug-likeness (QED) is 0.727. The van der Waals surface area contributed by atoms with Gasteiger partial charge in [-0.3, -0.25) is 4.90 Å². The van der Waals surface area contributed by atoms with Crippen LogP contribution in [0, 0.1) is 0 Å². The summed E-state index contributed by atoms with van der Waals surface area (Å²) in [6.07, 6.45) is 0. The van der Waals surface area contributed by atoms with E-state index in [-0.39, 0.29) is 13.2 Å². The first kappa shape index (κ1) is 15.5. The summed E-state index contributed by atoms with van der Waals surface area (Å²) < 4.78 is 10.4. The van der Waals surface area contributed by atoms with Crippen LogP contribution < -0.4 is 10.4 Å². The molecule has 0 fully saturated rings. The summed E-state index contributed by atoms with van der Waals surface area (Å²) in [5, 5.41) is 18.9. The number of methoxy groups -OCH3 is 1. The largest absolute Gasteiger partial charge is 0.497 e. The number of rotatable bonds is 7. The first-order valence-corrected chi connectivity index (χ1v) is 6.72. The second-order valence-corrected chi connectivity index (χ2v) is 4.68. The molecule has 6 heteroatoms. The highest BCUT2D eigenvalue weighted by molar-refractivity contribution is 5.81. The molecule has 1 heterocycles. The van der Waals surface area contributed by atoms with E-state index in [1.807, 2.05) is 11.0 Å². The first-order chi connectivity index (χ1) is 10.2. The average Bonchev–Trinajstić information content (AvgIpc) is 2.47. The van der Waals surface area contributed by atoms with Crippen molar-refractivity contribution >= 4 is 11.0 Å². The molecule has 0 radical (unpaired) electrons. The molecule has 1 aromatic heterocycles. The number of aliphatic hydroxyl groups is 2. The second-order valence-electron chi connectivity index (χ2n) is 4.68. The molecule has 0 atom stereocenters. The molecule has 0 amide bonds. The van der Waals surface area contributed by atoms with Gasteiger partial charge in [-0.2, -0.15) is 0 Å². The zero-order chi connectivity index (χ0) is 15.2. The van der Waals surface area contributed by atoms with Crippen LogP contribution in [-0.4, -0.2) is 48.5 Å². The van der Waals surface area contributed by atoms with Crippen LogP contribution in [-0.2, 0) is 6.54 Å². The van der Waals surface area contributed by atoms with Crippen LogP contribution in [0.15, 0.2) is 33.5 Å². The van der Waals surface area contributed by atoms with Crippen LogP contribution in [0.4, 0.5) is 0 Å². The van der Waals surface area contributed by atoms with E-state index in [1.165, 1.54) is 6.07 Å². The molecule has 2 aromatic rings. The standard InChI is InChI=1S/C15H19NO5/c1-20-12-2-3-14-13(9-12)11(8-15(19)21-14)10-16(4-6-17)5-7-18/h2-3,8-9,17-18H,4-7,10H2,1H3. The fourth-order valence-corrected chi connectivity index (χ4v) is 2.26. The Morgan fingerprint density at radius 3 is 2.52 bits per heavy atom. The Morgan fingerprint density at radius 2 is 1.90 bits per heavy atom. The van der Waals surface area contributed by atoms with Gasteiger partial charge in [0.05, 0.1) is 20.3 Å². The van der Waals surface area contributed by atoms with Crippen molar-refractivity contribution in [1.82, 2.24) is 4.90 Å². The summed E-state index contributed by atoms with van der Waals surface area (Å²) in [6.45, 7) is 1.26. The number of aliphatic hydroxyl groups excluding tert-OH is 2. The second kappa shape index (κ2) is 7.21. The molecule has 0 saturated carbocycles. The predicted octanol–water partition coefficient (Wildman–Crippen LogP) is 0.588. The lowest BCUT2D eigenvalue weighted by atomic mass is 10.1. The van der Waals surface area contributed by atoms with Gasteiger partial charge in [0.2, 0.25) is 0 Å². The highest BCUT2D eigenvalue weighted by atomic mass is 16.5. The van der Waals surface area contributed by atoms with Gasteiger partial charge < -0.3 is 19.4 Å². The summed E-state index contributed by atoms with van der Waals surface area (Å²) in [4.78, 5) is 13.5. The van der Waals surface area contributed by atoms with Gasteiger partial charge in [0.1, 0.15) is 11.3 Å². The third-order valence-electron chi connectivity index (χ3n) is 3.26. The van der Waals surface area contributed by atoms with Crippen molar-refractivity contribution in [3.05, 3.63) is 40.2 Å². The lowest BCUT2D eigenvalue weighted by molar-refractivity contribution is 0.156. The molecule has 2 rings (SSSR count). The lowest BCUT2D eigenvalue weighted by Gasteiger charge is -2.20. The van der Waals surface area contributed by atoms with Gasteiger partial charge in [-0.05, 0) is 23.8 Å². The maximum absolute atomic E-state index is 11.6. The minimum absolute atomic E-state index is 0.0112. The summed E-state index contributed by atoms with van der Waals surface area (Å²) in [5.74, 6) is 0.675. The van der Waals surface area contributed by atoms with Crippen molar-refractivity contribution in [2.75, 3.05) is 33.4 Å². The van der Waals surface area contributed by atoms with E-state index >= 15 is 0 Å². The molecular formula is C15H19NO5. The minimum Gasteiger partial charge on any atom is -0.497 e. The van der Waals surface area contributed by atoms with Crippen LogP contribution in [0.1, 0.15) is 5.56 Å². The number of hydrogen-bond donors (Lipinski definition) is 2. The van der Waals surface area contributed by atoms with Crippen LogP contribution in [0.25, 0.3) is 11.0 Å². The third-order valence-corrected chi connectivity index (χ3v) is 3.26. The highest BCUT2D eigenvalue weighted by Gasteiger charge is 2.11. The van der Waals surface area contributed by atoms with Crippen LogP contribution >= 0.6 is 0 Å². The van der Waals surface area contributed by atoms with Crippen molar-refractivity contribution in [2.24, 2.45) is 0 Å². The Morgan fingerprint density at radius 1 is 1.19 bits per heavy atom. The zero-order valence-electron chi connectivity index (χ0n) is 11.9. The molecule has 6 nitrogen and oxygen atoms in total. The van der Waals surface area contributed by atoms with E-state index in [9.17, 15) is 4.79 Å². The van der Waals surface area contributed by atoms with E-state index in [0.717, 1.165) is 10.9 Å². The third kappa shape index (κ3) is 3.81. The van der Waals surface area contributed by atoms with Crippen molar-refractivity contribution in [3.8, 4) is 5.75 Å². The van der Waals surface area contributed by atoms with Crippen molar-refractivity contribution < 1.29 is 19.4 Å². The monoisotopic (exact) mass is 293 g/mol. The molecule has 2 N–H and O–H groups in total. The van der Waals surface area contributed by atoms with Gasteiger partial charge in [0.15, 0.2) is 0 Å². The van der Waals surface area contributed by atoms with E-state index in [2.05, 4.69) is 0 Å². The Kier molecular flexibility index (Phi) is 5.32. The number of benzene rings is 1. The zero-order valence-corrected chi connectivity index (χ0v) is 11.9. The molecule has 21 heavy (non-hydrogen) atoms. The van der Waals surface area contributed by atoms with Crippen molar-refractivity contribution in [2.45, 2.75) is 6.54 Å². The van der Waals surface area contributed by atoms with Crippen molar-refractivity contribution in [1.29, 1.82) is 0 Å². The average molecular weight is 293 g/mol. The van der Waals surface area contributed by atoms with Crippen molar-refractivity contribution in [3.63, 3.8) is 0 Å². The Bertz CT molecular complexity index is 646.